The zero-order valence-electron chi connectivity index (χ0n) is 12.1. The van der Waals surface area contributed by atoms with Crippen molar-refractivity contribution in [2.24, 2.45) is 0 Å². The number of ether oxygens (including phenoxy) is 1. The molecule has 0 atom stereocenters. The van der Waals surface area contributed by atoms with Gasteiger partial charge < -0.3 is 15.4 Å². The summed E-state index contributed by atoms with van der Waals surface area (Å²) in [5.41, 5.74) is 1.42. The number of benzene rings is 1. The molecular formula is C15H22N2O3. The van der Waals surface area contributed by atoms with Crippen LogP contribution in [0.4, 0.5) is 0 Å². The fraction of sp³-hybridized carbons (Fsp3) is 0.467. The molecule has 0 aromatic heterocycles. The van der Waals surface area contributed by atoms with Crippen molar-refractivity contribution in [3.63, 3.8) is 0 Å². The van der Waals surface area contributed by atoms with Crippen LogP contribution in [0.2, 0.25) is 0 Å². The molecule has 0 aliphatic rings. The molecule has 110 valence electrons. The number of carbonyl (C=O) groups is 2. The van der Waals surface area contributed by atoms with Crippen molar-refractivity contribution < 1.29 is 14.3 Å². The lowest BCUT2D eigenvalue weighted by Crippen LogP contribution is -2.28. The molecule has 5 nitrogen and oxygen atoms in total. The maximum absolute atomic E-state index is 11.6. The van der Waals surface area contributed by atoms with Crippen LogP contribution in [-0.4, -0.2) is 32.1 Å². The number of amides is 1. The molecule has 0 heterocycles. The third-order valence-electron chi connectivity index (χ3n) is 2.84. The van der Waals surface area contributed by atoms with Crippen molar-refractivity contribution in [3.8, 4) is 0 Å². The molecule has 0 saturated carbocycles. The second-order valence-corrected chi connectivity index (χ2v) is 4.43. The highest BCUT2D eigenvalue weighted by molar-refractivity contribution is 5.90. The maximum atomic E-state index is 11.6. The van der Waals surface area contributed by atoms with Gasteiger partial charge in [0.05, 0.1) is 12.7 Å². The number of rotatable bonds is 8. The second-order valence-electron chi connectivity index (χ2n) is 4.43. The number of esters is 1. The molecule has 0 radical (unpaired) electrons. The topological polar surface area (TPSA) is 67.4 Å². The van der Waals surface area contributed by atoms with Gasteiger partial charge in [-0.25, -0.2) is 4.79 Å². The standard InChI is InChI=1S/C15H22N2O3/c1-3-9-17-14(18)8-10-16-11-12-6-4-5-7-13(12)15(19)20-2/h4-7,16H,3,8-11H2,1-2H3,(H,17,18). The van der Waals surface area contributed by atoms with Gasteiger partial charge in [-0.2, -0.15) is 0 Å². The minimum absolute atomic E-state index is 0.0422. The van der Waals surface area contributed by atoms with Crippen molar-refractivity contribution in [2.45, 2.75) is 26.3 Å². The van der Waals surface area contributed by atoms with E-state index < -0.39 is 0 Å². The van der Waals surface area contributed by atoms with E-state index in [0.717, 1.165) is 12.0 Å². The minimum Gasteiger partial charge on any atom is -0.465 e. The molecule has 0 saturated heterocycles. The van der Waals surface area contributed by atoms with Crippen LogP contribution in [0.1, 0.15) is 35.7 Å². The van der Waals surface area contributed by atoms with Crippen molar-refractivity contribution >= 4 is 11.9 Å². The lowest BCUT2D eigenvalue weighted by Gasteiger charge is -2.09. The van der Waals surface area contributed by atoms with Crippen LogP contribution in [0.3, 0.4) is 0 Å². The van der Waals surface area contributed by atoms with E-state index in [9.17, 15) is 9.59 Å². The highest BCUT2D eigenvalue weighted by atomic mass is 16.5. The molecule has 1 aromatic rings. The monoisotopic (exact) mass is 278 g/mol. The summed E-state index contributed by atoms with van der Waals surface area (Å²) in [5, 5.41) is 5.98. The van der Waals surface area contributed by atoms with Gasteiger partial charge in [-0.05, 0) is 18.1 Å². The van der Waals surface area contributed by atoms with Crippen molar-refractivity contribution in [1.29, 1.82) is 0 Å². The van der Waals surface area contributed by atoms with E-state index in [-0.39, 0.29) is 11.9 Å². The Balaban J connectivity index is 2.39. The molecule has 0 aliphatic carbocycles. The lowest BCUT2D eigenvalue weighted by atomic mass is 10.1. The Bertz CT molecular complexity index is 446. The summed E-state index contributed by atoms with van der Waals surface area (Å²) >= 11 is 0. The Morgan fingerprint density at radius 3 is 2.65 bits per heavy atom. The third-order valence-corrected chi connectivity index (χ3v) is 2.84. The van der Waals surface area contributed by atoms with Gasteiger partial charge in [-0.15, -0.1) is 0 Å². The van der Waals surface area contributed by atoms with E-state index in [4.69, 9.17) is 4.74 Å². The van der Waals surface area contributed by atoms with Gasteiger partial charge in [-0.1, -0.05) is 25.1 Å². The first-order chi connectivity index (χ1) is 9.69. The van der Waals surface area contributed by atoms with Gasteiger partial charge in [0.2, 0.25) is 5.91 Å². The van der Waals surface area contributed by atoms with Gasteiger partial charge in [-0.3, -0.25) is 4.79 Å². The summed E-state index contributed by atoms with van der Waals surface area (Å²) in [5.74, 6) is -0.302. The quantitative estimate of drug-likeness (QED) is 0.558. The van der Waals surface area contributed by atoms with E-state index in [2.05, 4.69) is 10.6 Å². The highest BCUT2D eigenvalue weighted by Gasteiger charge is 2.10. The zero-order valence-corrected chi connectivity index (χ0v) is 12.1. The lowest BCUT2D eigenvalue weighted by molar-refractivity contribution is -0.120. The number of methoxy groups -OCH3 is 1. The van der Waals surface area contributed by atoms with Crippen LogP contribution in [0.25, 0.3) is 0 Å². The molecule has 20 heavy (non-hydrogen) atoms. The van der Waals surface area contributed by atoms with Crippen LogP contribution in [-0.2, 0) is 16.1 Å². The first-order valence-corrected chi connectivity index (χ1v) is 6.82. The normalized spacial score (nSPS) is 10.1. The van der Waals surface area contributed by atoms with Gasteiger partial charge in [0.25, 0.3) is 0 Å². The Labute approximate surface area is 119 Å². The van der Waals surface area contributed by atoms with Gasteiger partial charge in [0.15, 0.2) is 0 Å². The summed E-state index contributed by atoms with van der Waals surface area (Å²) in [6, 6.07) is 7.28. The molecule has 5 heteroatoms. The predicted molar refractivity (Wildman–Crippen MR) is 77.4 cm³/mol. The molecule has 0 unspecified atom stereocenters. The van der Waals surface area contributed by atoms with E-state index in [0.29, 0.717) is 31.6 Å². The van der Waals surface area contributed by atoms with Crippen molar-refractivity contribution in [3.05, 3.63) is 35.4 Å². The summed E-state index contributed by atoms with van der Waals surface area (Å²) in [6.07, 6.45) is 1.37. The first-order valence-electron chi connectivity index (χ1n) is 6.82. The van der Waals surface area contributed by atoms with Gasteiger partial charge in [0.1, 0.15) is 0 Å². The van der Waals surface area contributed by atoms with E-state index in [1.807, 2.05) is 19.1 Å². The van der Waals surface area contributed by atoms with E-state index >= 15 is 0 Å². The van der Waals surface area contributed by atoms with Crippen molar-refractivity contribution in [1.82, 2.24) is 10.6 Å². The number of carbonyl (C=O) groups excluding carboxylic acids is 2. The SMILES string of the molecule is CCCNC(=O)CCNCc1ccccc1C(=O)OC. The molecule has 1 aromatic carbocycles. The Morgan fingerprint density at radius 1 is 1.20 bits per heavy atom. The molecule has 0 fully saturated rings. The molecular weight excluding hydrogens is 256 g/mol. The number of hydrogen-bond donors (Lipinski definition) is 2. The third kappa shape index (κ3) is 5.40. The van der Waals surface area contributed by atoms with Gasteiger partial charge >= 0.3 is 5.97 Å². The zero-order chi connectivity index (χ0) is 14.8. The average molecular weight is 278 g/mol. The van der Waals surface area contributed by atoms with Crippen LogP contribution in [0.5, 0.6) is 0 Å². The van der Waals surface area contributed by atoms with Crippen LogP contribution in [0.15, 0.2) is 24.3 Å². The van der Waals surface area contributed by atoms with Crippen LogP contribution >= 0.6 is 0 Å². The van der Waals surface area contributed by atoms with Crippen LogP contribution < -0.4 is 10.6 Å². The summed E-state index contributed by atoms with van der Waals surface area (Å²) in [4.78, 5) is 23.0. The first kappa shape index (κ1) is 16.2. The molecule has 1 rings (SSSR count). The smallest absolute Gasteiger partial charge is 0.338 e. The second kappa shape index (κ2) is 9.09. The summed E-state index contributed by atoms with van der Waals surface area (Å²) in [6.45, 7) is 3.84. The molecule has 1 amide bonds. The minimum atomic E-state index is -0.344. The maximum Gasteiger partial charge on any atom is 0.338 e. The molecule has 0 spiro atoms. The average Bonchev–Trinajstić information content (AvgIpc) is 2.49. The predicted octanol–water partition coefficient (Wildman–Crippen LogP) is 1.48. The van der Waals surface area contributed by atoms with Crippen molar-refractivity contribution in [2.75, 3.05) is 20.2 Å². The number of nitrogens with one attached hydrogen (secondary N) is 2. The number of hydrogen-bond acceptors (Lipinski definition) is 4. The Morgan fingerprint density at radius 2 is 1.95 bits per heavy atom. The highest BCUT2D eigenvalue weighted by Crippen LogP contribution is 2.09. The largest absolute Gasteiger partial charge is 0.465 e. The Hall–Kier alpha value is -1.88. The van der Waals surface area contributed by atoms with E-state index in [1.165, 1.54) is 7.11 Å². The molecule has 0 aliphatic heterocycles. The van der Waals surface area contributed by atoms with Crippen LogP contribution in [0, 0.1) is 0 Å². The fourth-order valence-electron chi connectivity index (χ4n) is 1.76. The van der Waals surface area contributed by atoms with E-state index in [1.54, 1.807) is 12.1 Å². The molecule has 0 bridgehead atoms. The summed E-state index contributed by atoms with van der Waals surface area (Å²) < 4.78 is 4.73. The fourth-order valence-corrected chi connectivity index (χ4v) is 1.76. The summed E-state index contributed by atoms with van der Waals surface area (Å²) in [7, 11) is 1.37. The molecule has 2 N–H and O–H groups in total. The Kier molecular flexibility index (Phi) is 7.35. The van der Waals surface area contributed by atoms with Gasteiger partial charge in [0, 0.05) is 26.1 Å².